The van der Waals surface area contributed by atoms with Crippen molar-refractivity contribution in [1.82, 2.24) is 4.57 Å². The van der Waals surface area contributed by atoms with Crippen molar-refractivity contribution in [3.05, 3.63) is 63.8 Å². The molecule has 1 unspecified atom stereocenters. The van der Waals surface area contributed by atoms with Crippen LogP contribution < -0.4 is 0 Å². The summed E-state index contributed by atoms with van der Waals surface area (Å²) in [5.41, 5.74) is 6.33. The molecule has 4 nitrogen and oxygen atoms in total. The molecule has 2 heterocycles. The number of nitro groups is 1. The van der Waals surface area contributed by atoms with Crippen LogP contribution in [0.1, 0.15) is 44.2 Å². The van der Waals surface area contributed by atoms with Crippen molar-refractivity contribution in [3.8, 4) is 11.1 Å². The number of nitrogens with zero attached hydrogens (tertiary/aromatic N) is 2. The van der Waals surface area contributed by atoms with E-state index in [0.717, 1.165) is 17.5 Å². The van der Waals surface area contributed by atoms with Crippen molar-refractivity contribution in [2.75, 3.05) is 0 Å². The first-order chi connectivity index (χ1) is 11.8. The summed E-state index contributed by atoms with van der Waals surface area (Å²) >= 11 is 0. The first-order valence-corrected chi connectivity index (χ1v) is 8.69. The lowest BCUT2D eigenvalue weighted by Gasteiger charge is -2.36. The number of nitro benzene ring substituents is 1. The third-order valence-electron chi connectivity index (χ3n) is 5.45. The van der Waals surface area contributed by atoms with E-state index in [2.05, 4.69) is 50.6 Å². The van der Waals surface area contributed by atoms with E-state index < -0.39 is 0 Å². The Bertz CT molecular complexity index is 997. The van der Waals surface area contributed by atoms with Crippen LogP contribution in [0.15, 0.2) is 42.6 Å². The monoisotopic (exact) mass is 334 g/mol. The zero-order valence-corrected chi connectivity index (χ0v) is 15.0. The van der Waals surface area contributed by atoms with Gasteiger partial charge in [-0.2, -0.15) is 0 Å². The number of aryl methyl sites for hydroxylation is 1. The van der Waals surface area contributed by atoms with E-state index >= 15 is 0 Å². The first-order valence-electron chi connectivity index (χ1n) is 8.69. The zero-order valence-electron chi connectivity index (χ0n) is 15.0. The average Bonchev–Trinajstić information content (AvgIpc) is 2.93. The molecule has 0 bridgehead atoms. The van der Waals surface area contributed by atoms with Crippen LogP contribution >= 0.6 is 0 Å². The van der Waals surface area contributed by atoms with Gasteiger partial charge in [-0.3, -0.25) is 10.1 Å². The van der Waals surface area contributed by atoms with Crippen molar-refractivity contribution >= 4 is 16.6 Å². The number of rotatable bonds is 2. The minimum absolute atomic E-state index is 0.0545. The third kappa shape index (κ3) is 2.36. The minimum atomic E-state index is -0.353. The highest BCUT2D eigenvalue weighted by molar-refractivity contribution is 5.99. The predicted molar refractivity (Wildman–Crippen MR) is 101 cm³/mol. The second-order valence-corrected chi connectivity index (χ2v) is 7.88. The Morgan fingerprint density at radius 1 is 1.20 bits per heavy atom. The molecule has 128 valence electrons. The van der Waals surface area contributed by atoms with Crippen molar-refractivity contribution in [1.29, 1.82) is 0 Å². The van der Waals surface area contributed by atoms with Crippen LogP contribution in [-0.2, 0) is 5.54 Å². The van der Waals surface area contributed by atoms with Crippen LogP contribution in [0, 0.1) is 17.0 Å². The summed E-state index contributed by atoms with van der Waals surface area (Å²) in [5.74, 6) is 0.518. The van der Waals surface area contributed by atoms with Gasteiger partial charge in [-0.05, 0) is 62.4 Å². The quantitative estimate of drug-likeness (QED) is 0.441. The van der Waals surface area contributed by atoms with Gasteiger partial charge in [0.2, 0.25) is 0 Å². The Hall–Kier alpha value is -2.62. The molecule has 0 saturated carbocycles. The molecule has 0 saturated heterocycles. The maximum absolute atomic E-state index is 10.9. The van der Waals surface area contributed by atoms with Crippen LogP contribution in [0.25, 0.3) is 22.0 Å². The van der Waals surface area contributed by atoms with Gasteiger partial charge in [0.1, 0.15) is 0 Å². The normalized spacial score (nSPS) is 18.5. The standard InChI is InChI=1S/C21H22N2O2/c1-13-9-17-14(2)11-21(3,4)22-12-19(18(10-13)20(17)22)15-5-7-16(8-6-15)23(24)25/h5-10,12,14H,11H2,1-4H3. The summed E-state index contributed by atoms with van der Waals surface area (Å²) < 4.78 is 2.40. The molecule has 0 N–H and O–H groups in total. The smallest absolute Gasteiger partial charge is 0.269 e. The molecule has 0 amide bonds. The molecule has 0 spiro atoms. The van der Waals surface area contributed by atoms with E-state index in [4.69, 9.17) is 0 Å². The molecule has 4 heteroatoms. The summed E-state index contributed by atoms with van der Waals surface area (Å²) in [6, 6.07) is 11.4. The fraction of sp³-hybridized carbons (Fsp3) is 0.333. The van der Waals surface area contributed by atoms with E-state index in [1.807, 2.05) is 12.1 Å². The lowest BCUT2D eigenvalue weighted by molar-refractivity contribution is -0.384. The van der Waals surface area contributed by atoms with E-state index in [1.165, 1.54) is 22.0 Å². The molecule has 0 aliphatic carbocycles. The highest BCUT2D eigenvalue weighted by Gasteiger charge is 2.33. The SMILES string of the molecule is Cc1cc2c3c(c1)c(-c1ccc([N+](=O)[O-])cc1)cn3C(C)(C)CC2C. The number of aromatic nitrogens is 1. The lowest BCUT2D eigenvalue weighted by Crippen LogP contribution is -2.31. The molecule has 0 fully saturated rings. The van der Waals surface area contributed by atoms with Crippen molar-refractivity contribution in [2.45, 2.75) is 45.6 Å². The maximum atomic E-state index is 10.9. The van der Waals surface area contributed by atoms with Gasteiger partial charge in [-0.25, -0.2) is 0 Å². The Kier molecular flexibility index (Phi) is 3.29. The van der Waals surface area contributed by atoms with Gasteiger partial charge >= 0.3 is 0 Å². The Morgan fingerprint density at radius 2 is 1.88 bits per heavy atom. The van der Waals surface area contributed by atoms with Gasteiger partial charge in [0.15, 0.2) is 0 Å². The highest BCUT2D eigenvalue weighted by Crippen LogP contribution is 2.45. The number of benzene rings is 2. The summed E-state index contributed by atoms with van der Waals surface area (Å²) in [5, 5.41) is 12.2. The Labute approximate surface area is 147 Å². The molecule has 1 atom stereocenters. The number of non-ortho nitro benzene ring substituents is 1. The van der Waals surface area contributed by atoms with E-state index in [9.17, 15) is 10.1 Å². The fourth-order valence-corrected chi connectivity index (χ4v) is 4.35. The average molecular weight is 334 g/mol. The van der Waals surface area contributed by atoms with E-state index in [-0.39, 0.29) is 16.1 Å². The van der Waals surface area contributed by atoms with Gasteiger partial charge in [0.05, 0.1) is 10.4 Å². The topological polar surface area (TPSA) is 48.1 Å². The van der Waals surface area contributed by atoms with Crippen molar-refractivity contribution < 1.29 is 4.92 Å². The molecule has 0 radical (unpaired) electrons. The largest absolute Gasteiger partial charge is 0.341 e. The van der Waals surface area contributed by atoms with Crippen molar-refractivity contribution in [2.24, 2.45) is 0 Å². The van der Waals surface area contributed by atoms with Crippen LogP contribution in [0.2, 0.25) is 0 Å². The minimum Gasteiger partial charge on any atom is -0.341 e. The first kappa shape index (κ1) is 15.9. The van der Waals surface area contributed by atoms with Gasteiger partial charge in [0.25, 0.3) is 5.69 Å². The number of hydrogen-bond donors (Lipinski definition) is 0. The highest BCUT2D eigenvalue weighted by atomic mass is 16.6. The van der Waals surface area contributed by atoms with Gasteiger partial charge in [-0.1, -0.05) is 18.6 Å². The van der Waals surface area contributed by atoms with Gasteiger partial charge in [-0.15, -0.1) is 0 Å². The summed E-state index contributed by atoms with van der Waals surface area (Å²) in [6.07, 6.45) is 3.33. The van der Waals surface area contributed by atoms with Crippen LogP contribution in [-0.4, -0.2) is 9.49 Å². The molecule has 25 heavy (non-hydrogen) atoms. The summed E-state index contributed by atoms with van der Waals surface area (Å²) in [7, 11) is 0. The second-order valence-electron chi connectivity index (χ2n) is 7.88. The Morgan fingerprint density at radius 3 is 2.52 bits per heavy atom. The predicted octanol–water partition coefficient (Wildman–Crippen LogP) is 5.77. The molecule has 1 aromatic heterocycles. The molecular weight excluding hydrogens is 312 g/mol. The molecular formula is C21H22N2O2. The molecule has 1 aliphatic heterocycles. The molecule has 3 aromatic rings. The lowest BCUT2D eigenvalue weighted by atomic mass is 9.82. The van der Waals surface area contributed by atoms with E-state index in [0.29, 0.717) is 5.92 Å². The zero-order chi connectivity index (χ0) is 17.9. The Balaban J connectivity index is 2.01. The van der Waals surface area contributed by atoms with Crippen LogP contribution in [0.5, 0.6) is 0 Å². The second kappa shape index (κ2) is 5.19. The molecule has 4 rings (SSSR count). The molecule has 2 aromatic carbocycles. The van der Waals surface area contributed by atoms with Crippen LogP contribution in [0.3, 0.4) is 0 Å². The fourth-order valence-electron chi connectivity index (χ4n) is 4.35. The van der Waals surface area contributed by atoms with Gasteiger partial charge in [0, 0.05) is 34.8 Å². The van der Waals surface area contributed by atoms with Gasteiger partial charge < -0.3 is 4.57 Å². The van der Waals surface area contributed by atoms with Crippen LogP contribution in [0.4, 0.5) is 5.69 Å². The summed E-state index contributed by atoms with van der Waals surface area (Å²) in [4.78, 5) is 10.6. The number of hydrogen-bond acceptors (Lipinski definition) is 2. The molecule has 1 aliphatic rings. The third-order valence-corrected chi connectivity index (χ3v) is 5.45. The maximum Gasteiger partial charge on any atom is 0.269 e. The van der Waals surface area contributed by atoms with Crippen molar-refractivity contribution in [3.63, 3.8) is 0 Å². The summed E-state index contributed by atoms with van der Waals surface area (Å²) in [6.45, 7) is 9.01. The van der Waals surface area contributed by atoms with E-state index in [1.54, 1.807) is 12.1 Å².